The molecule has 0 saturated carbocycles. The van der Waals surface area contributed by atoms with E-state index in [0.29, 0.717) is 5.69 Å². The Kier molecular flexibility index (Phi) is 3.29. The summed E-state index contributed by atoms with van der Waals surface area (Å²) < 4.78 is 45.7. The Morgan fingerprint density at radius 1 is 1.05 bits per heavy atom. The van der Waals surface area contributed by atoms with Crippen LogP contribution < -0.4 is 4.74 Å². The zero-order valence-corrected chi connectivity index (χ0v) is 10.8. The van der Waals surface area contributed by atoms with Crippen molar-refractivity contribution < 1.29 is 17.9 Å². The molecular formula is C15H11F3N2O. The summed E-state index contributed by atoms with van der Waals surface area (Å²) >= 11 is 0. The number of imidazole rings is 1. The Morgan fingerprint density at radius 2 is 1.81 bits per heavy atom. The van der Waals surface area contributed by atoms with E-state index in [2.05, 4.69) is 4.98 Å². The molecule has 2 aromatic heterocycles. The molecule has 0 spiro atoms. The van der Waals surface area contributed by atoms with E-state index >= 15 is 0 Å². The lowest BCUT2D eigenvalue weighted by molar-refractivity contribution is -0.139. The Balaban J connectivity index is 1.86. The largest absolute Gasteiger partial charge is 0.487 e. The van der Waals surface area contributed by atoms with Crippen LogP contribution in [0, 0.1) is 0 Å². The maximum absolute atomic E-state index is 12.9. The lowest BCUT2D eigenvalue weighted by atomic mass is 10.2. The number of pyridine rings is 1. The highest BCUT2D eigenvalue weighted by molar-refractivity contribution is 5.40. The second kappa shape index (κ2) is 5.12. The molecule has 2 heterocycles. The van der Waals surface area contributed by atoms with Crippen molar-refractivity contribution in [2.45, 2.75) is 12.8 Å². The molecule has 21 heavy (non-hydrogen) atoms. The summed E-state index contributed by atoms with van der Waals surface area (Å²) in [6, 6.07) is 10.6. The zero-order chi connectivity index (χ0) is 14.9. The molecule has 0 bridgehead atoms. The van der Waals surface area contributed by atoms with Gasteiger partial charge in [0.25, 0.3) is 0 Å². The van der Waals surface area contributed by atoms with Gasteiger partial charge in [-0.25, -0.2) is 4.98 Å². The third-order valence-electron chi connectivity index (χ3n) is 3.06. The second-order valence-corrected chi connectivity index (χ2v) is 4.46. The summed E-state index contributed by atoms with van der Waals surface area (Å²) in [6.07, 6.45) is -1.06. The number of rotatable bonds is 3. The molecule has 0 amide bonds. The molecule has 0 fully saturated rings. The predicted molar refractivity (Wildman–Crippen MR) is 71.0 cm³/mol. The van der Waals surface area contributed by atoms with Gasteiger partial charge in [-0.15, -0.1) is 0 Å². The van der Waals surface area contributed by atoms with E-state index in [1.54, 1.807) is 16.8 Å². The minimum Gasteiger partial charge on any atom is -0.487 e. The van der Waals surface area contributed by atoms with Crippen molar-refractivity contribution in [3.63, 3.8) is 0 Å². The fraction of sp³-hybridized carbons (Fsp3) is 0.133. The molecule has 0 radical (unpaired) electrons. The molecule has 0 aliphatic heterocycles. The first-order chi connectivity index (χ1) is 10.1. The molecule has 3 aromatic rings. The number of halogens is 3. The van der Waals surface area contributed by atoms with Gasteiger partial charge in [0, 0.05) is 6.20 Å². The quantitative estimate of drug-likeness (QED) is 0.731. The lowest BCUT2D eigenvalue weighted by Crippen LogP contribution is -2.09. The van der Waals surface area contributed by atoms with Gasteiger partial charge in [0.1, 0.15) is 18.0 Å². The average Bonchev–Trinajstić information content (AvgIpc) is 2.88. The molecule has 0 saturated heterocycles. The van der Waals surface area contributed by atoms with E-state index in [0.717, 1.165) is 11.7 Å². The highest BCUT2D eigenvalue weighted by Gasteiger charge is 2.34. The van der Waals surface area contributed by atoms with Crippen LogP contribution in [-0.4, -0.2) is 9.38 Å². The Morgan fingerprint density at radius 3 is 2.62 bits per heavy atom. The van der Waals surface area contributed by atoms with Crippen LogP contribution in [0.4, 0.5) is 13.2 Å². The normalized spacial score (nSPS) is 11.8. The fourth-order valence-corrected chi connectivity index (χ4v) is 2.07. The molecule has 1 aromatic carbocycles. The van der Waals surface area contributed by atoms with E-state index in [1.807, 2.05) is 18.2 Å². The van der Waals surface area contributed by atoms with Crippen LogP contribution in [0.1, 0.15) is 11.3 Å². The number of fused-ring (bicyclic) bond motifs is 1. The summed E-state index contributed by atoms with van der Waals surface area (Å²) in [5, 5.41) is 0. The SMILES string of the molecule is FC(F)(F)c1ccccc1OCc1cnc2ccccn12. The molecule has 0 aliphatic rings. The van der Waals surface area contributed by atoms with Crippen molar-refractivity contribution in [1.82, 2.24) is 9.38 Å². The van der Waals surface area contributed by atoms with Gasteiger partial charge in [-0.1, -0.05) is 18.2 Å². The number of ether oxygens (including phenoxy) is 1. The van der Waals surface area contributed by atoms with Gasteiger partial charge >= 0.3 is 6.18 Å². The maximum Gasteiger partial charge on any atom is 0.419 e. The summed E-state index contributed by atoms with van der Waals surface area (Å²) in [6.45, 7) is 0.0122. The van der Waals surface area contributed by atoms with Crippen LogP contribution in [0.25, 0.3) is 5.65 Å². The van der Waals surface area contributed by atoms with Crippen LogP contribution >= 0.6 is 0 Å². The standard InChI is InChI=1S/C15H11F3N2O/c16-15(17,18)12-5-1-2-6-13(12)21-10-11-9-19-14-7-3-4-8-20(11)14/h1-9H,10H2. The molecule has 0 unspecified atom stereocenters. The molecular weight excluding hydrogens is 281 g/mol. The topological polar surface area (TPSA) is 26.5 Å². The first-order valence-electron chi connectivity index (χ1n) is 6.26. The van der Waals surface area contributed by atoms with Crippen molar-refractivity contribution in [3.05, 3.63) is 66.1 Å². The average molecular weight is 292 g/mol. The molecule has 108 valence electrons. The van der Waals surface area contributed by atoms with Gasteiger partial charge in [0.15, 0.2) is 0 Å². The second-order valence-electron chi connectivity index (χ2n) is 4.46. The molecule has 3 nitrogen and oxygen atoms in total. The van der Waals surface area contributed by atoms with Crippen molar-refractivity contribution in [2.75, 3.05) is 0 Å². The van der Waals surface area contributed by atoms with Gasteiger partial charge in [0.2, 0.25) is 0 Å². The number of nitrogens with zero attached hydrogens (tertiary/aromatic N) is 2. The molecule has 6 heteroatoms. The smallest absolute Gasteiger partial charge is 0.419 e. The van der Waals surface area contributed by atoms with Crippen LogP contribution in [0.5, 0.6) is 5.75 Å². The number of alkyl halides is 3. The highest BCUT2D eigenvalue weighted by Crippen LogP contribution is 2.36. The van der Waals surface area contributed by atoms with Gasteiger partial charge < -0.3 is 9.14 Å². The fourth-order valence-electron chi connectivity index (χ4n) is 2.07. The number of hydrogen-bond donors (Lipinski definition) is 0. The number of para-hydroxylation sites is 1. The monoisotopic (exact) mass is 292 g/mol. The van der Waals surface area contributed by atoms with Crippen LogP contribution in [0.15, 0.2) is 54.9 Å². The van der Waals surface area contributed by atoms with Crippen LogP contribution in [-0.2, 0) is 12.8 Å². The van der Waals surface area contributed by atoms with Crippen molar-refractivity contribution >= 4 is 5.65 Å². The van der Waals surface area contributed by atoms with Gasteiger partial charge in [0.05, 0.1) is 17.5 Å². The van der Waals surface area contributed by atoms with Gasteiger partial charge in [-0.2, -0.15) is 13.2 Å². The van der Waals surface area contributed by atoms with E-state index in [-0.39, 0.29) is 12.4 Å². The van der Waals surface area contributed by atoms with Crippen molar-refractivity contribution in [3.8, 4) is 5.75 Å². The van der Waals surface area contributed by atoms with Gasteiger partial charge in [-0.05, 0) is 24.3 Å². The van der Waals surface area contributed by atoms with Crippen molar-refractivity contribution in [2.24, 2.45) is 0 Å². The van der Waals surface area contributed by atoms with Crippen LogP contribution in [0.2, 0.25) is 0 Å². The predicted octanol–water partition coefficient (Wildman–Crippen LogP) is 3.93. The summed E-state index contributed by atoms with van der Waals surface area (Å²) in [7, 11) is 0. The van der Waals surface area contributed by atoms with Crippen molar-refractivity contribution in [1.29, 1.82) is 0 Å². The third kappa shape index (κ3) is 2.69. The number of benzene rings is 1. The number of hydrogen-bond acceptors (Lipinski definition) is 2. The Labute approximate surface area is 118 Å². The molecule has 0 atom stereocenters. The summed E-state index contributed by atoms with van der Waals surface area (Å²) in [5.74, 6) is -0.184. The van der Waals surface area contributed by atoms with Gasteiger partial charge in [-0.3, -0.25) is 0 Å². The summed E-state index contributed by atoms with van der Waals surface area (Å²) in [5.41, 5.74) is 0.626. The molecule has 0 aliphatic carbocycles. The molecule has 0 N–H and O–H groups in total. The highest BCUT2D eigenvalue weighted by atomic mass is 19.4. The first kappa shape index (κ1) is 13.5. The Hall–Kier alpha value is -2.50. The molecule has 3 rings (SSSR count). The van der Waals surface area contributed by atoms with E-state index in [4.69, 9.17) is 4.74 Å². The lowest BCUT2D eigenvalue weighted by Gasteiger charge is -2.13. The van der Waals surface area contributed by atoms with E-state index in [1.165, 1.54) is 18.2 Å². The van der Waals surface area contributed by atoms with Crippen LogP contribution in [0.3, 0.4) is 0 Å². The maximum atomic E-state index is 12.9. The summed E-state index contributed by atoms with van der Waals surface area (Å²) in [4.78, 5) is 4.16. The van der Waals surface area contributed by atoms with E-state index < -0.39 is 11.7 Å². The first-order valence-corrected chi connectivity index (χ1v) is 6.26. The Bertz CT molecular complexity index is 765. The zero-order valence-electron chi connectivity index (χ0n) is 10.8. The number of aromatic nitrogens is 2. The minimum absolute atomic E-state index is 0.0122. The van der Waals surface area contributed by atoms with E-state index in [9.17, 15) is 13.2 Å². The minimum atomic E-state index is -4.43. The third-order valence-corrected chi connectivity index (χ3v) is 3.06.